The van der Waals surface area contributed by atoms with Gasteiger partial charge in [0.05, 0.1) is 5.69 Å². The van der Waals surface area contributed by atoms with Gasteiger partial charge in [0, 0.05) is 16.6 Å². The largest absolute Gasteiger partial charge is 0.302 e. The number of halogens is 1. The van der Waals surface area contributed by atoms with Crippen molar-refractivity contribution < 1.29 is 4.79 Å². The zero-order valence-electron chi connectivity index (χ0n) is 7.68. The molecular weight excluding hydrogens is 264 g/mol. The Morgan fingerprint density at radius 1 is 1.57 bits per heavy atom. The van der Waals surface area contributed by atoms with Crippen molar-refractivity contribution in [3.8, 4) is 0 Å². The Hall–Kier alpha value is -0.420. The lowest BCUT2D eigenvalue weighted by atomic mass is 10.4. The number of hydrogen-bond acceptors (Lipinski definition) is 3. The van der Waals surface area contributed by atoms with Gasteiger partial charge >= 0.3 is 0 Å². The normalized spacial score (nSPS) is 14.1. The summed E-state index contributed by atoms with van der Waals surface area (Å²) in [5.74, 6) is 0.0364. The Kier molecular flexibility index (Phi) is 3.18. The molecule has 0 radical (unpaired) electrons. The Morgan fingerprint density at radius 3 is 3.14 bits per heavy atom. The quantitative estimate of drug-likeness (QED) is 0.860. The summed E-state index contributed by atoms with van der Waals surface area (Å²) in [6.07, 6.45) is 3.91. The van der Waals surface area contributed by atoms with Crippen LogP contribution in [0.4, 0.5) is 5.13 Å². The molecule has 0 aliphatic heterocycles. The van der Waals surface area contributed by atoms with Gasteiger partial charge in [-0.15, -0.1) is 11.3 Å². The van der Waals surface area contributed by atoms with Crippen molar-refractivity contribution in [2.75, 3.05) is 10.6 Å². The van der Waals surface area contributed by atoms with Gasteiger partial charge in [0.2, 0.25) is 5.91 Å². The van der Waals surface area contributed by atoms with Crippen LogP contribution in [0.1, 0.15) is 23.4 Å². The van der Waals surface area contributed by atoms with Crippen molar-refractivity contribution in [1.29, 1.82) is 0 Å². The number of thiazole rings is 1. The molecule has 3 nitrogen and oxygen atoms in total. The monoisotopic (exact) mass is 274 g/mol. The average Bonchev–Trinajstić information content (AvgIpc) is 2.63. The molecule has 0 saturated heterocycles. The molecule has 1 aliphatic carbocycles. The molecule has 1 aliphatic rings. The Balaban J connectivity index is 2.00. The lowest BCUT2D eigenvalue weighted by Crippen LogP contribution is -2.11. The maximum atomic E-state index is 11.3. The molecule has 1 N–H and O–H groups in total. The van der Waals surface area contributed by atoms with Gasteiger partial charge in [0.1, 0.15) is 0 Å². The highest BCUT2D eigenvalue weighted by Gasteiger charge is 2.17. The molecule has 0 aromatic carbocycles. The third kappa shape index (κ3) is 2.15. The number of hydrogen-bond donors (Lipinski definition) is 1. The van der Waals surface area contributed by atoms with Crippen LogP contribution < -0.4 is 5.32 Å². The van der Waals surface area contributed by atoms with Crippen molar-refractivity contribution >= 4 is 38.3 Å². The van der Waals surface area contributed by atoms with Crippen molar-refractivity contribution in [1.82, 2.24) is 4.98 Å². The van der Waals surface area contributed by atoms with Gasteiger partial charge in [-0.05, 0) is 19.3 Å². The van der Waals surface area contributed by atoms with Crippen LogP contribution in [0.15, 0.2) is 0 Å². The molecule has 1 aromatic heterocycles. The summed E-state index contributed by atoms with van der Waals surface area (Å²) in [5, 5.41) is 4.27. The van der Waals surface area contributed by atoms with E-state index in [0.717, 1.165) is 18.0 Å². The van der Waals surface area contributed by atoms with E-state index in [1.54, 1.807) is 11.3 Å². The molecule has 0 fully saturated rings. The molecule has 0 atom stereocenters. The van der Waals surface area contributed by atoms with E-state index < -0.39 is 0 Å². The molecule has 0 spiro atoms. The number of carbonyl (C=O) groups excluding carboxylic acids is 1. The van der Waals surface area contributed by atoms with Gasteiger partial charge in [-0.1, -0.05) is 15.9 Å². The number of aryl methyl sites for hydroxylation is 2. The SMILES string of the molecule is O=C(CCBr)Nc1nc2c(s1)CCC2. The lowest BCUT2D eigenvalue weighted by Gasteiger charge is -1.98. The minimum atomic E-state index is 0.0364. The minimum absolute atomic E-state index is 0.0364. The van der Waals surface area contributed by atoms with E-state index in [2.05, 4.69) is 26.2 Å². The van der Waals surface area contributed by atoms with Crippen LogP contribution in [0.3, 0.4) is 0 Å². The van der Waals surface area contributed by atoms with Gasteiger partial charge < -0.3 is 5.32 Å². The molecule has 14 heavy (non-hydrogen) atoms. The first kappa shape index (κ1) is 10.1. The number of fused-ring (bicyclic) bond motifs is 1. The molecule has 0 unspecified atom stereocenters. The van der Waals surface area contributed by atoms with E-state index in [1.807, 2.05) is 0 Å². The fourth-order valence-electron chi connectivity index (χ4n) is 1.51. The molecule has 2 rings (SSSR count). The van der Waals surface area contributed by atoms with Gasteiger partial charge in [-0.2, -0.15) is 0 Å². The van der Waals surface area contributed by atoms with Crippen molar-refractivity contribution in [2.45, 2.75) is 25.7 Å². The standard InChI is InChI=1S/C9H11BrN2OS/c10-5-4-8(13)12-9-11-6-2-1-3-7(6)14-9/h1-5H2,(H,11,12,13). The molecule has 5 heteroatoms. The number of rotatable bonds is 3. The van der Waals surface area contributed by atoms with Crippen LogP contribution in [0.5, 0.6) is 0 Å². The smallest absolute Gasteiger partial charge is 0.226 e. The fraction of sp³-hybridized carbons (Fsp3) is 0.556. The molecule has 0 saturated carbocycles. The average molecular weight is 275 g/mol. The number of amides is 1. The third-order valence-electron chi connectivity index (χ3n) is 2.16. The predicted octanol–water partition coefficient (Wildman–Crippen LogP) is 2.36. The highest BCUT2D eigenvalue weighted by Crippen LogP contribution is 2.30. The maximum absolute atomic E-state index is 11.3. The summed E-state index contributed by atoms with van der Waals surface area (Å²) in [5.41, 5.74) is 1.18. The second-order valence-electron chi connectivity index (χ2n) is 3.23. The van der Waals surface area contributed by atoms with E-state index >= 15 is 0 Å². The Morgan fingerprint density at radius 2 is 2.43 bits per heavy atom. The number of anilines is 1. The van der Waals surface area contributed by atoms with Crippen molar-refractivity contribution in [2.24, 2.45) is 0 Å². The third-order valence-corrected chi connectivity index (χ3v) is 3.63. The Labute approximate surface area is 95.1 Å². The van der Waals surface area contributed by atoms with Crippen LogP contribution in [0.2, 0.25) is 0 Å². The number of nitrogens with one attached hydrogen (secondary N) is 1. The van der Waals surface area contributed by atoms with Crippen LogP contribution >= 0.6 is 27.3 Å². The van der Waals surface area contributed by atoms with Crippen LogP contribution in [-0.2, 0) is 17.6 Å². The van der Waals surface area contributed by atoms with Gasteiger partial charge in [-0.3, -0.25) is 4.79 Å². The molecule has 1 heterocycles. The number of nitrogens with zero attached hydrogens (tertiary/aromatic N) is 1. The van der Waals surface area contributed by atoms with Gasteiger partial charge in [0.15, 0.2) is 5.13 Å². The molecular formula is C9H11BrN2OS. The van der Waals surface area contributed by atoms with Crippen LogP contribution in [0.25, 0.3) is 0 Å². The van der Waals surface area contributed by atoms with Crippen LogP contribution in [0, 0.1) is 0 Å². The van der Waals surface area contributed by atoms with E-state index in [-0.39, 0.29) is 5.91 Å². The van der Waals surface area contributed by atoms with Crippen LogP contribution in [-0.4, -0.2) is 16.2 Å². The summed E-state index contributed by atoms with van der Waals surface area (Å²) in [6.45, 7) is 0. The van der Waals surface area contributed by atoms with Crippen molar-refractivity contribution in [3.63, 3.8) is 0 Å². The zero-order chi connectivity index (χ0) is 9.97. The first-order valence-corrected chi connectivity index (χ1v) is 6.58. The maximum Gasteiger partial charge on any atom is 0.226 e. The first-order valence-electron chi connectivity index (χ1n) is 4.64. The zero-order valence-corrected chi connectivity index (χ0v) is 10.1. The number of carbonyl (C=O) groups is 1. The highest BCUT2D eigenvalue weighted by atomic mass is 79.9. The predicted molar refractivity (Wildman–Crippen MR) is 61.2 cm³/mol. The van der Waals surface area contributed by atoms with E-state index in [0.29, 0.717) is 11.8 Å². The number of alkyl halides is 1. The van der Waals surface area contributed by atoms with E-state index in [1.165, 1.54) is 17.0 Å². The lowest BCUT2D eigenvalue weighted by molar-refractivity contribution is -0.115. The molecule has 0 bridgehead atoms. The van der Waals surface area contributed by atoms with Crippen molar-refractivity contribution in [3.05, 3.63) is 10.6 Å². The molecule has 1 aromatic rings. The van der Waals surface area contributed by atoms with Gasteiger partial charge in [0.25, 0.3) is 0 Å². The molecule has 1 amide bonds. The fourth-order valence-corrected chi connectivity index (χ4v) is 2.94. The minimum Gasteiger partial charge on any atom is -0.302 e. The highest BCUT2D eigenvalue weighted by molar-refractivity contribution is 9.09. The molecule has 76 valence electrons. The second-order valence-corrected chi connectivity index (χ2v) is 5.11. The Bertz CT molecular complexity index is 329. The topological polar surface area (TPSA) is 42.0 Å². The first-order chi connectivity index (χ1) is 6.79. The van der Waals surface area contributed by atoms with E-state index in [9.17, 15) is 4.79 Å². The summed E-state index contributed by atoms with van der Waals surface area (Å²) in [4.78, 5) is 17.0. The summed E-state index contributed by atoms with van der Waals surface area (Å²) in [7, 11) is 0. The number of aromatic nitrogens is 1. The van der Waals surface area contributed by atoms with E-state index in [4.69, 9.17) is 0 Å². The second kappa shape index (κ2) is 4.40. The van der Waals surface area contributed by atoms with Gasteiger partial charge in [-0.25, -0.2) is 4.98 Å². The summed E-state index contributed by atoms with van der Waals surface area (Å²) < 4.78 is 0. The summed E-state index contributed by atoms with van der Waals surface area (Å²) in [6, 6.07) is 0. The summed E-state index contributed by atoms with van der Waals surface area (Å²) >= 11 is 4.85.